The van der Waals surface area contributed by atoms with Gasteiger partial charge < -0.3 is 10.4 Å². The number of rotatable bonds is 4. The molecule has 0 radical (unpaired) electrons. The van der Waals surface area contributed by atoms with Gasteiger partial charge in [-0.1, -0.05) is 0 Å². The number of nitrogens with zero attached hydrogens (tertiary/aromatic N) is 2. The maximum Gasteiger partial charge on any atom is 0.105 e. The molecule has 2 N–H and O–H groups in total. The Labute approximate surface area is 97.7 Å². The highest BCUT2D eigenvalue weighted by atomic mass is 16.3. The van der Waals surface area contributed by atoms with E-state index in [4.69, 9.17) is 0 Å². The first-order valence-electron chi connectivity index (χ1n) is 5.68. The van der Waals surface area contributed by atoms with E-state index >= 15 is 0 Å². The van der Waals surface area contributed by atoms with Crippen molar-refractivity contribution in [3.8, 4) is 0 Å². The largest absolute Gasteiger partial charge is 0.384 e. The zero-order chi connectivity index (χ0) is 12.4. The zero-order valence-corrected chi connectivity index (χ0v) is 10.9. The van der Waals surface area contributed by atoms with E-state index in [1.807, 2.05) is 20.0 Å². The van der Waals surface area contributed by atoms with Gasteiger partial charge in [-0.15, -0.1) is 0 Å². The molecule has 0 aliphatic heterocycles. The van der Waals surface area contributed by atoms with E-state index in [-0.39, 0.29) is 5.54 Å². The van der Waals surface area contributed by atoms with Gasteiger partial charge in [-0.2, -0.15) is 5.10 Å². The molecule has 0 saturated heterocycles. The van der Waals surface area contributed by atoms with Gasteiger partial charge in [0.1, 0.15) is 5.60 Å². The van der Waals surface area contributed by atoms with Crippen LogP contribution in [0.3, 0.4) is 0 Å². The minimum absolute atomic E-state index is 0.0859. The molecule has 0 aromatic carbocycles. The molecule has 1 aromatic heterocycles. The fourth-order valence-corrected chi connectivity index (χ4v) is 1.71. The number of hydrogen-bond acceptors (Lipinski definition) is 3. The molecule has 0 spiro atoms. The van der Waals surface area contributed by atoms with Crippen LogP contribution in [0, 0.1) is 0 Å². The van der Waals surface area contributed by atoms with Crippen LogP contribution in [0.4, 0.5) is 0 Å². The second-order valence-electron chi connectivity index (χ2n) is 5.54. The van der Waals surface area contributed by atoms with E-state index in [0.717, 1.165) is 12.2 Å². The molecule has 4 heteroatoms. The van der Waals surface area contributed by atoms with Crippen molar-refractivity contribution in [2.24, 2.45) is 7.05 Å². The third-order valence-electron chi connectivity index (χ3n) is 2.64. The van der Waals surface area contributed by atoms with Gasteiger partial charge in [-0.3, -0.25) is 4.68 Å². The van der Waals surface area contributed by atoms with Gasteiger partial charge in [-0.25, -0.2) is 0 Å². The van der Waals surface area contributed by atoms with Crippen molar-refractivity contribution >= 4 is 0 Å². The second-order valence-corrected chi connectivity index (χ2v) is 5.54. The molecule has 0 aliphatic rings. The molecule has 1 rings (SSSR count). The van der Waals surface area contributed by atoms with E-state index < -0.39 is 5.60 Å². The van der Waals surface area contributed by atoms with E-state index in [9.17, 15) is 5.11 Å². The number of nitrogens with one attached hydrogen (secondary N) is 1. The molecule has 92 valence electrons. The molecule has 1 atom stereocenters. The third-order valence-corrected chi connectivity index (χ3v) is 2.64. The number of aliphatic hydroxyl groups is 1. The summed E-state index contributed by atoms with van der Waals surface area (Å²) >= 11 is 0. The van der Waals surface area contributed by atoms with Crippen LogP contribution in [0.1, 0.15) is 39.8 Å². The topological polar surface area (TPSA) is 50.1 Å². The molecule has 0 saturated carbocycles. The van der Waals surface area contributed by atoms with Gasteiger partial charge >= 0.3 is 0 Å². The van der Waals surface area contributed by atoms with Crippen molar-refractivity contribution in [3.05, 3.63) is 18.0 Å². The van der Waals surface area contributed by atoms with Gasteiger partial charge in [0.15, 0.2) is 0 Å². The first-order valence-corrected chi connectivity index (χ1v) is 5.68. The monoisotopic (exact) mass is 225 g/mol. The quantitative estimate of drug-likeness (QED) is 0.814. The van der Waals surface area contributed by atoms with Gasteiger partial charge in [0, 0.05) is 18.8 Å². The molecule has 4 nitrogen and oxygen atoms in total. The van der Waals surface area contributed by atoms with Gasteiger partial charge in [-0.05, 0) is 46.7 Å². The maximum absolute atomic E-state index is 10.4. The molecule has 1 aromatic rings. The molecule has 0 amide bonds. The van der Waals surface area contributed by atoms with Crippen LogP contribution in [0.15, 0.2) is 12.3 Å². The predicted molar refractivity (Wildman–Crippen MR) is 65.2 cm³/mol. The maximum atomic E-state index is 10.4. The minimum atomic E-state index is -0.830. The summed E-state index contributed by atoms with van der Waals surface area (Å²) < 4.78 is 1.72. The first kappa shape index (κ1) is 13.2. The Hall–Kier alpha value is -0.870. The Morgan fingerprint density at radius 3 is 2.44 bits per heavy atom. The molecule has 0 aliphatic carbocycles. The van der Waals surface area contributed by atoms with Crippen LogP contribution in [0.5, 0.6) is 0 Å². The average Bonchev–Trinajstić information content (AvgIpc) is 2.48. The van der Waals surface area contributed by atoms with Crippen LogP contribution in [0.25, 0.3) is 0 Å². The summed E-state index contributed by atoms with van der Waals surface area (Å²) in [7, 11) is 1.85. The molecule has 0 fully saturated rings. The number of aryl methyl sites for hydroxylation is 1. The Kier molecular flexibility index (Phi) is 3.76. The summed E-state index contributed by atoms with van der Waals surface area (Å²) in [5.41, 5.74) is 0.106. The van der Waals surface area contributed by atoms with Crippen molar-refractivity contribution in [2.75, 3.05) is 6.54 Å². The van der Waals surface area contributed by atoms with Crippen LogP contribution in [0.2, 0.25) is 0 Å². The third kappa shape index (κ3) is 3.61. The molecular weight excluding hydrogens is 202 g/mol. The Bertz CT molecular complexity index is 336. The smallest absolute Gasteiger partial charge is 0.105 e. The van der Waals surface area contributed by atoms with Crippen LogP contribution in [-0.2, 0) is 12.6 Å². The Morgan fingerprint density at radius 1 is 1.38 bits per heavy atom. The lowest BCUT2D eigenvalue weighted by Gasteiger charge is -2.27. The fourth-order valence-electron chi connectivity index (χ4n) is 1.71. The molecule has 1 heterocycles. The van der Waals surface area contributed by atoms with Crippen LogP contribution < -0.4 is 5.32 Å². The number of hydrogen-bond donors (Lipinski definition) is 2. The summed E-state index contributed by atoms with van der Waals surface area (Å²) in [5, 5.41) is 17.8. The van der Waals surface area contributed by atoms with Crippen molar-refractivity contribution in [3.63, 3.8) is 0 Å². The molecular formula is C12H23N3O. The molecule has 0 bridgehead atoms. The van der Waals surface area contributed by atoms with E-state index in [1.54, 1.807) is 10.9 Å². The van der Waals surface area contributed by atoms with Crippen molar-refractivity contribution in [1.29, 1.82) is 0 Å². The SMILES string of the molecule is Cn1nccc1C(C)(O)CCNC(C)(C)C. The highest BCUT2D eigenvalue weighted by molar-refractivity contribution is 5.10. The van der Waals surface area contributed by atoms with E-state index in [1.165, 1.54) is 0 Å². The second kappa shape index (κ2) is 4.55. The minimum Gasteiger partial charge on any atom is -0.384 e. The van der Waals surface area contributed by atoms with Crippen molar-refractivity contribution < 1.29 is 5.11 Å². The van der Waals surface area contributed by atoms with Crippen LogP contribution >= 0.6 is 0 Å². The number of aromatic nitrogens is 2. The summed E-state index contributed by atoms with van der Waals surface area (Å²) in [6.45, 7) is 8.96. The van der Waals surface area contributed by atoms with Crippen molar-refractivity contribution in [2.45, 2.75) is 45.3 Å². The predicted octanol–water partition coefficient (Wildman–Crippen LogP) is 1.41. The summed E-state index contributed by atoms with van der Waals surface area (Å²) in [6.07, 6.45) is 2.38. The lowest BCUT2D eigenvalue weighted by Crippen LogP contribution is -2.39. The van der Waals surface area contributed by atoms with E-state index in [2.05, 4.69) is 31.2 Å². The highest BCUT2D eigenvalue weighted by Gasteiger charge is 2.26. The first-order chi connectivity index (χ1) is 7.22. The molecule has 1 unspecified atom stereocenters. The molecule has 16 heavy (non-hydrogen) atoms. The zero-order valence-electron chi connectivity index (χ0n) is 10.9. The lowest BCUT2D eigenvalue weighted by atomic mass is 9.97. The highest BCUT2D eigenvalue weighted by Crippen LogP contribution is 2.23. The van der Waals surface area contributed by atoms with Crippen molar-refractivity contribution in [1.82, 2.24) is 15.1 Å². The Balaban J connectivity index is 2.56. The summed E-state index contributed by atoms with van der Waals surface area (Å²) in [5.74, 6) is 0. The normalized spacial score (nSPS) is 16.1. The lowest BCUT2D eigenvalue weighted by molar-refractivity contribution is 0.0381. The summed E-state index contributed by atoms with van der Waals surface area (Å²) in [6, 6.07) is 1.86. The Morgan fingerprint density at radius 2 is 2.00 bits per heavy atom. The average molecular weight is 225 g/mol. The van der Waals surface area contributed by atoms with E-state index in [0.29, 0.717) is 6.42 Å². The van der Waals surface area contributed by atoms with Gasteiger partial charge in [0.05, 0.1) is 5.69 Å². The van der Waals surface area contributed by atoms with Gasteiger partial charge in [0.2, 0.25) is 0 Å². The fraction of sp³-hybridized carbons (Fsp3) is 0.750. The van der Waals surface area contributed by atoms with Gasteiger partial charge in [0.25, 0.3) is 0 Å². The standard InChI is InChI=1S/C12H23N3O/c1-11(2,3)13-9-7-12(4,16)10-6-8-14-15(10)5/h6,8,13,16H,7,9H2,1-5H3. The summed E-state index contributed by atoms with van der Waals surface area (Å²) in [4.78, 5) is 0. The van der Waals surface area contributed by atoms with Crippen LogP contribution in [-0.4, -0.2) is 27.0 Å².